The van der Waals surface area contributed by atoms with Crippen LogP contribution >= 0.6 is 0 Å². The molecule has 1 atom stereocenters. The molecule has 4 nitrogen and oxygen atoms in total. The number of likely N-dealkylation sites (N-methyl/N-ethyl adjacent to an activating group) is 1. The van der Waals surface area contributed by atoms with Gasteiger partial charge in [0.05, 0.1) is 0 Å². The Hall–Kier alpha value is 0.0300. The van der Waals surface area contributed by atoms with Gasteiger partial charge in [-0.25, -0.2) is 14.1 Å². The van der Waals surface area contributed by atoms with Gasteiger partial charge in [-0.05, 0) is 7.05 Å². The van der Waals surface area contributed by atoms with E-state index in [1.54, 1.807) is 0 Å². The Balaban J connectivity index is 2.11. The van der Waals surface area contributed by atoms with Gasteiger partial charge in [0.15, 0.2) is 11.2 Å². The lowest BCUT2D eigenvalue weighted by molar-refractivity contribution is 0.181. The molecule has 54 valence electrons. The first-order chi connectivity index (χ1) is 4.18. The molecule has 1 fully saturated rings. The van der Waals surface area contributed by atoms with E-state index in [1.807, 2.05) is 7.05 Å². The molecule has 9 heavy (non-hydrogen) atoms. The standard InChI is InChI=1S/C4H11N3OS/c1-7-2-4(3-7)6-9(5)8/h4,6H,2-3,5H2,1H3. The van der Waals surface area contributed by atoms with Gasteiger partial charge in [0.2, 0.25) is 0 Å². The summed E-state index contributed by atoms with van der Waals surface area (Å²) in [4.78, 5) is 2.13. The van der Waals surface area contributed by atoms with E-state index in [4.69, 9.17) is 5.14 Å². The fourth-order valence-corrected chi connectivity index (χ4v) is 1.42. The maximum Gasteiger partial charge on any atom is 0.164 e. The van der Waals surface area contributed by atoms with Crippen molar-refractivity contribution in [3.8, 4) is 0 Å². The number of rotatable bonds is 2. The summed E-state index contributed by atoms with van der Waals surface area (Å²) in [6.07, 6.45) is 0. The Kier molecular flexibility index (Phi) is 2.18. The third-order valence-corrected chi connectivity index (χ3v) is 1.91. The number of nitrogens with two attached hydrogens (primary N) is 1. The second-order valence-corrected chi connectivity index (χ2v) is 3.16. The van der Waals surface area contributed by atoms with Crippen LogP contribution in [0.2, 0.25) is 0 Å². The molecule has 1 aliphatic rings. The maximum atomic E-state index is 10.3. The predicted octanol–water partition coefficient (Wildman–Crippen LogP) is -1.57. The van der Waals surface area contributed by atoms with Gasteiger partial charge in [-0.15, -0.1) is 0 Å². The Bertz CT molecular complexity index is 123. The molecule has 0 bridgehead atoms. The second kappa shape index (κ2) is 2.74. The summed E-state index contributed by atoms with van der Waals surface area (Å²) in [6, 6.07) is 0.334. The Morgan fingerprint density at radius 2 is 2.33 bits per heavy atom. The van der Waals surface area contributed by atoms with E-state index in [2.05, 4.69) is 9.62 Å². The molecule has 1 saturated heterocycles. The average Bonchev–Trinajstić information content (AvgIpc) is 1.60. The first kappa shape index (κ1) is 7.14. The fraction of sp³-hybridized carbons (Fsp3) is 1.00. The van der Waals surface area contributed by atoms with Crippen LogP contribution in [0.25, 0.3) is 0 Å². The fourth-order valence-electron chi connectivity index (χ4n) is 0.938. The highest BCUT2D eigenvalue weighted by Gasteiger charge is 2.23. The van der Waals surface area contributed by atoms with E-state index in [1.165, 1.54) is 0 Å². The maximum absolute atomic E-state index is 10.3. The highest BCUT2D eigenvalue weighted by atomic mass is 32.2. The third kappa shape index (κ3) is 2.02. The monoisotopic (exact) mass is 149 g/mol. The van der Waals surface area contributed by atoms with Crippen LogP contribution in [-0.2, 0) is 11.2 Å². The van der Waals surface area contributed by atoms with Crippen molar-refractivity contribution in [2.75, 3.05) is 20.1 Å². The summed E-state index contributed by atoms with van der Waals surface area (Å²) in [7, 11) is 2.01. The molecule has 1 aliphatic heterocycles. The van der Waals surface area contributed by atoms with Crippen molar-refractivity contribution >= 4 is 11.2 Å². The molecule has 0 aliphatic carbocycles. The van der Waals surface area contributed by atoms with Crippen LogP contribution < -0.4 is 9.86 Å². The summed E-state index contributed by atoms with van der Waals surface area (Å²) in [5, 5.41) is 4.99. The lowest BCUT2D eigenvalue weighted by Gasteiger charge is -2.35. The predicted molar refractivity (Wildman–Crippen MR) is 36.8 cm³/mol. The smallest absolute Gasteiger partial charge is 0.164 e. The number of hydrogen-bond acceptors (Lipinski definition) is 2. The summed E-state index contributed by atoms with van der Waals surface area (Å²) >= 11 is -1.34. The number of hydrogen-bond donors (Lipinski definition) is 2. The van der Waals surface area contributed by atoms with Crippen LogP contribution in [-0.4, -0.2) is 35.3 Å². The van der Waals surface area contributed by atoms with Crippen LogP contribution in [0.4, 0.5) is 0 Å². The third-order valence-electron chi connectivity index (χ3n) is 1.35. The Labute approximate surface area is 57.1 Å². The Morgan fingerprint density at radius 3 is 2.67 bits per heavy atom. The summed E-state index contributed by atoms with van der Waals surface area (Å²) < 4.78 is 13.0. The van der Waals surface area contributed by atoms with Gasteiger partial charge in [0, 0.05) is 19.1 Å². The molecule has 0 aromatic rings. The largest absolute Gasteiger partial charge is 0.303 e. The molecule has 3 N–H and O–H groups in total. The van der Waals surface area contributed by atoms with E-state index in [0.29, 0.717) is 6.04 Å². The molecular formula is C4H11N3OS. The van der Waals surface area contributed by atoms with Crippen molar-refractivity contribution in [1.29, 1.82) is 0 Å². The molecular weight excluding hydrogens is 138 g/mol. The van der Waals surface area contributed by atoms with Gasteiger partial charge < -0.3 is 4.90 Å². The molecule has 0 radical (unpaired) electrons. The highest BCUT2D eigenvalue weighted by molar-refractivity contribution is 7.80. The average molecular weight is 149 g/mol. The minimum Gasteiger partial charge on any atom is -0.303 e. The van der Waals surface area contributed by atoms with Crippen molar-refractivity contribution < 1.29 is 4.21 Å². The number of nitrogens with one attached hydrogen (secondary N) is 1. The van der Waals surface area contributed by atoms with E-state index >= 15 is 0 Å². The SMILES string of the molecule is CN1CC(NS(N)=O)C1. The zero-order valence-corrected chi connectivity index (χ0v) is 6.15. The molecule has 5 heteroatoms. The lowest BCUT2D eigenvalue weighted by Crippen LogP contribution is -2.57. The van der Waals surface area contributed by atoms with Crippen LogP contribution in [0, 0.1) is 0 Å². The first-order valence-electron chi connectivity index (χ1n) is 2.79. The molecule has 0 amide bonds. The van der Waals surface area contributed by atoms with Gasteiger partial charge in [-0.1, -0.05) is 0 Å². The molecule has 1 unspecified atom stereocenters. The zero-order valence-electron chi connectivity index (χ0n) is 5.33. The van der Waals surface area contributed by atoms with Crippen LogP contribution in [0.3, 0.4) is 0 Å². The number of likely N-dealkylation sites (tertiary alicyclic amines) is 1. The van der Waals surface area contributed by atoms with Crippen LogP contribution in [0.15, 0.2) is 0 Å². The van der Waals surface area contributed by atoms with Crippen molar-refractivity contribution in [3.63, 3.8) is 0 Å². The topological polar surface area (TPSA) is 58.4 Å². The van der Waals surface area contributed by atoms with Crippen LogP contribution in [0.1, 0.15) is 0 Å². The second-order valence-electron chi connectivity index (χ2n) is 2.33. The van der Waals surface area contributed by atoms with E-state index in [-0.39, 0.29) is 0 Å². The van der Waals surface area contributed by atoms with Gasteiger partial charge in [-0.2, -0.15) is 0 Å². The molecule has 0 spiro atoms. The quantitative estimate of drug-likeness (QED) is 0.498. The molecule has 1 heterocycles. The van der Waals surface area contributed by atoms with Crippen molar-refractivity contribution in [2.24, 2.45) is 5.14 Å². The lowest BCUT2D eigenvalue weighted by atomic mass is 10.2. The van der Waals surface area contributed by atoms with Gasteiger partial charge in [0.25, 0.3) is 0 Å². The molecule has 1 rings (SSSR count). The molecule has 0 aromatic carbocycles. The van der Waals surface area contributed by atoms with E-state index < -0.39 is 11.2 Å². The van der Waals surface area contributed by atoms with Gasteiger partial charge in [0.1, 0.15) is 0 Å². The zero-order chi connectivity index (χ0) is 6.85. The summed E-state index contributed by atoms with van der Waals surface area (Å²) in [5.41, 5.74) is 0. The summed E-state index contributed by atoms with van der Waals surface area (Å²) in [6.45, 7) is 1.89. The van der Waals surface area contributed by atoms with Crippen LogP contribution in [0.5, 0.6) is 0 Å². The highest BCUT2D eigenvalue weighted by Crippen LogP contribution is 2.02. The van der Waals surface area contributed by atoms with Crippen molar-refractivity contribution in [2.45, 2.75) is 6.04 Å². The Morgan fingerprint density at radius 1 is 1.78 bits per heavy atom. The number of nitrogens with zero attached hydrogens (tertiary/aromatic N) is 1. The van der Waals surface area contributed by atoms with Crippen molar-refractivity contribution in [1.82, 2.24) is 9.62 Å². The normalized spacial score (nSPS) is 25.6. The first-order valence-corrected chi connectivity index (χ1v) is 4.00. The van der Waals surface area contributed by atoms with Crippen molar-refractivity contribution in [3.05, 3.63) is 0 Å². The minimum absolute atomic E-state index is 0.334. The minimum atomic E-state index is -1.34. The molecule has 0 saturated carbocycles. The van der Waals surface area contributed by atoms with Gasteiger partial charge >= 0.3 is 0 Å². The molecule has 0 aromatic heterocycles. The summed E-state index contributed by atoms with van der Waals surface area (Å²) in [5.74, 6) is 0. The van der Waals surface area contributed by atoms with E-state index in [9.17, 15) is 4.21 Å². The van der Waals surface area contributed by atoms with E-state index in [0.717, 1.165) is 13.1 Å². The van der Waals surface area contributed by atoms with Gasteiger partial charge in [-0.3, -0.25) is 0 Å².